The molecule has 1 aromatic carbocycles. The molecule has 4 heteroatoms. The third kappa shape index (κ3) is 1.74. The van der Waals surface area contributed by atoms with Crippen molar-refractivity contribution in [3.05, 3.63) is 29.8 Å². The fourth-order valence-electron chi connectivity index (χ4n) is 0.630. The van der Waals surface area contributed by atoms with Crippen molar-refractivity contribution in [3.8, 4) is 0 Å². The van der Waals surface area contributed by atoms with Crippen LogP contribution in [0.3, 0.4) is 0 Å². The van der Waals surface area contributed by atoms with Gasteiger partial charge in [0.2, 0.25) is 0 Å². The number of rotatable bonds is 1. The normalized spacial score (nSPS) is 9.10. The van der Waals surface area contributed by atoms with E-state index in [0.717, 1.165) is 6.07 Å². The van der Waals surface area contributed by atoms with Crippen LogP contribution in [0.1, 0.15) is 0 Å². The predicted octanol–water partition coefficient (Wildman–Crippen LogP) is 1.83. The molecule has 0 unspecified atom stereocenters. The number of hydrogen-bond acceptors (Lipinski definition) is 0. The molecular weight excluding hydrogens is 211 g/mol. The van der Waals surface area contributed by atoms with Crippen molar-refractivity contribution in [2.45, 2.75) is 0 Å². The topological polar surface area (TPSA) is 0 Å². The first kappa shape index (κ1) is 8.09. The Hall–Kier alpha value is -0.00662. The van der Waals surface area contributed by atoms with Crippen LogP contribution in [0.2, 0.25) is 0 Å². The molecule has 0 nitrogen and oxygen atoms in total. The van der Waals surface area contributed by atoms with E-state index in [9.17, 15) is 8.78 Å². The fourth-order valence-corrected chi connectivity index (χ4v) is 2.67. The first-order valence-electron chi connectivity index (χ1n) is 2.74. The molecule has 0 aliphatic carbocycles. The summed E-state index contributed by atoms with van der Waals surface area (Å²) in [6.07, 6.45) is 0. The van der Waals surface area contributed by atoms with E-state index >= 15 is 0 Å². The maximum atomic E-state index is 12.6. The molecule has 0 saturated carbocycles. The van der Waals surface area contributed by atoms with Gasteiger partial charge in [0.15, 0.2) is 0 Å². The average Bonchev–Trinajstić information content (AvgIpc) is 1.88. The van der Waals surface area contributed by atoms with Crippen molar-refractivity contribution in [1.29, 1.82) is 0 Å². The fraction of sp³-hybridized carbons (Fsp3) is 0. The summed E-state index contributed by atoms with van der Waals surface area (Å²) in [6, 6.07) is 3.51. The van der Waals surface area contributed by atoms with E-state index in [1.807, 2.05) is 0 Å². The molecule has 0 aromatic heterocycles. The van der Waals surface area contributed by atoms with Crippen molar-refractivity contribution in [1.82, 2.24) is 0 Å². The summed E-state index contributed by atoms with van der Waals surface area (Å²) in [7, 11) is 5.51. The molecule has 50 valence electrons. The van der Waals surface area contributed by atoms with Crippen LogP contribution < -0.4 is 4.16 Å². The van der Waals surface area contributed by atoms with Crippen LogP contribution in [0.4, 0.5) is 8.78 Å². The summed E-state index contributed by atoms with van der Waals surface area (Å²) in [4.78, 5) is 0. The average molecular weight is 214 g/mol. The van der Waals surface area contributed by atoms with Crippen LogP contribution in [-0.2, 0) is 16.1 Å². The molecule has 0 heterocycles. The van der Waals surface area contributed by atoms with Gasteiger partial charge in [-0.15, -0.1) is 0 Å². The van der Waals surface area contributed by atoms with Crippen molar-refractivity contribution in [2.75, 3.05) is 0 Å². The van der Waals surface area contributed by atoms with Crippen molar-refractivity contribution in [3.63, 3.8) is 0 Å². The molecule has 0 N–H and O–H groups in total. The van der Waals surface area contributed by atoms with Crippen LogP contribution in [-0.4, -0.2) is 0 Å². The molecular formula is C6H3ClF2Zn. The summed E-state index contributed by atoms with van der Waals surface area (Å²) in [5, 5.41) is 0. The molecule has 10 heavy (non-hydrogen) atoms. The molecule has 0 amide bonds. The van der Waals surface area contributed by atoms with Gasteiger partial charge < -0.3 is 0 Å². The first-order chi connectivity index (χ1) is 4.74. The van der Waals surface area contributed by atoms with Gasteiger partial charge in [-0.3, -0.25) is 0 Å². The minimum atomic E-state index is -1.41. The molecule has 0 radical (unpaired) electrons. The number of halogens is 3. The van der Waals surface area contributed by atoms with Gasteiger partial charge in [-0.2, -0.15) is 0 Å². The van der Waals surface area contributed by atoms with Gasteiger partial charge in [0.1, 0.15) is 0 Å². The summed E-state index contributed by atoms with van der Waals surface area (Å²) < 4.78 is 25.3. The molecule has 0 fully saturated rings. The zero-order valence-corrected chi connectivity index (χ0v) is 8.80. The second-order valence-corrected chi connectivity index (χ2v) is 5.42. The number of benzene rings is 1. The summed E-state index contributed by atoms with van der Waals surface area (Å²) >= 11 is -1.41. The monoisotopic (exact) mass is 212 g/mol. The molecule has 0 aliphatic heterocycles. The van der Waals surface area contributed by atoms with Gasteiger partial charge >= 0.3 is 68.6 Å². The van der Waals surface area contributed by atoms with E-state index in [4.69, 9.17) is 9.69 Å². The Morgan fingerprint density at radius 1 is 1.30 bits per heavy atom. The standard InChI is InChI=1S/C6H3F2.ClH.Zn/c7-5-2-1-3-6(8)4-5;;/h1-2,4H;1H;/q;;+1/p-1. The molecule has 0 spiro atoms. The molecule has 0 saturated heterocycles. The molecule has 0 atom stereocenters. The van der Waals surface area contributed by atoms with Gasteiger partial charge in [0.25, 0.3) is 0 Å². The molecule has 0 bridgehead atoms. The van der Waals surface area contributed by atoms with Crippen molar-refractivity contribution >= 4 is 13.8 Å². The van der Waals surface area contributed by atoms with Gasteiger partial charge in [-0.25, -0.2) is 0 Å². The Labute approximate surface area is 68.8 Å². The van der Waals surface area contributed by atoms with Crippen molar-refractivity contribution < 1.29 is 24.9 Å². The van der Waals surface area contributed by atoms with Gasteiger partial charge in [-0.1, -0.05) is 0 Å². The van der Waals surface area contributed by atoms with E-state index in [-0.39, 0.29) is 0 Å². The number of hydrogen-bond donors (Lipinski definition) is 0. The Morgan fingerprint density at radius 2 is 2.00 bits per heavy atom. The minimum absolute atomic E-state index is 0.505. The molecule has 1 rings (SSSR count). The second-order valence-electron chi connectivity index (χ2n) is 1.87. The van der Waals surface area contributed by atoms with Crippen LogP contribution in [0.5, 0.6) is 0 Å². The van der Waals surface area contributed by atoms with E-state index in [1.165, 1.54) is 12.1 Å². The Balaban J connectivity index is 3.07. The van der Waals surface area contributed by atoms with E-state index in [1.54, 1.807) is 0 Å². The zero-order valence-electron chi connectivity index (χ0n) is 5.07. The maximum absolute atomic E-state index is 12.6. The Bertz CT molecular complexity index is 239. The van der Waals surface area contributed by atoms with Gasteiger partial charge in [0, 0.05) is 0 Å². The van der Waals surface area contributed by atoms with E-state index < -0.39 is 27.8 Å². The third-order valence-corrected chi connectivity index (χ3v) is 4.46. The molecule has 1 aromatic rings. The summed E-state index contributed by atoms with van der Waals surface area (Å²) in [5.74, 6) is -1.05. The van der Waals surface area contributed by atoms with Crippen LogP contribution in [0.15, 0.2) is 18.2 Å². The van der Waals surface area contributed by atoms with Crippen LogP contribution >= 0.6 is 9.69 Å². The quantitative estimate of drug-likeness (QED) is 0.625. The predicted molar refractivity (Wildman–Crippen MR) is 31.8 cm³/mol. The first-order valence-corrected chi connectivity index (χ1v) is 8.12. The summed E-state index contributed by atoms with van der Waals surface area (Å²) in [5.41, 5.74) is 0. The Morgan fingerprint density at radius 3 is 2.50 bits per heavy atom. The van der Waals surface area contributed by atoms with E-state index in [0.29, 0.717) is 4.16 Å². The van der Waals surface area contributed by atoms with Crippen molar-refractivity contribution in [2.24, 2.45) is 0 Å². The van der Waals surface area contributed by atoms with Gasteiger partial charge in [-0.05, 0) is 0 Å². The third-order valence-electron chi connectivity index (χ3n) is 1.16. The van der Waals surface area contributed by atoms with Crippen LogP contribution in [0, 0.1) is 11.6 Å². The Kier molecular flexibility index (Phi) is 2.75. The molecule has 0 aliphatic rings. The van der Waals surface area contributed by atoms with Crippen LogP contribution in [0.25, 0.3) is 0 Å². The summed E-state index contributed by atoms with van der Waals surface area (Å²) in [6.45, 7) is 0. The zero-order chi connectivity index (χ0) is 7.56. The van der Waals surface area contributed by atoms with Gasteiger partial charge in [0.05, 0.1) is 0 Å². The van der Waals surface area contributed by atoms with E-state index in [2.05, 4.69) is 0 Å². The SMILES string of the molecule is Fc1cc[c]([Zn][Cl])c(F)c1. The second kappa shape index (κ2) is 3.40.